The lowest BCUT2D eigenvalue weighted by molar-refractivity contribution is -0.138. The summed E-state index contributed by atoms with van der Waals surface area (Å²) in [5.74, 6) is -4.23. The molecule has 0 aliphatic heterocycles. The molecule has 0 aromatic heterocycles. The summed E-state index contributed by atoms with van der Waals surface area (Å²) in [6.45, 7) is -0.269. The maximum absolute atomic E-state index is 11.0. The Kier molecular flexibility index (Phi) is 4.11. The molecule has 1 aromatic rings. The van der Waals surface area contributed by atoms with Gasteiger partial charge in [-0.25, -0.2) is 4.79 Å². The van der Waals surface area contributed by atoms with Crippen molar-refractivity contribution < 1.29 is 29.6 Å². The van der Waals surface area contributed by atoms with Crippen molar-refractivity contribution in [3.8, 4) is 11.5 Å². The number of rotatable bonds is 5. The van der Waals surface area contributed by atoms with Crippen LogP contribution < -0.4 is 10.5 Å². The van der Waals surface area contributed by atoms with Crippen LogP contribution in [-0.4, -0.2) is 40.9 Å². The van der Waals surface area contributed by atoms with Gasteiger partial charge in [0.15, 0.2) is 11.5 Å². The number of phenols is 1. The van der Waals surface area contributed by atoms with Crippen molar-refractivity contribution in [1.82, 2.24) is 0 Å². The molecule has 7 heteroatoms. The molecule has 1 atom stereocenters. The van der Waals surface area contributed by atoms with Crippen LogP contribution >= 0.6 is 0 Å². The van der Waals surface area contributed by atoms with Crippen LogP contribution in [0.5, 0.6) is 11.5 Å². The molecule has 0 radical (unpaired) electrons. The number of nitrogens with two attached hydrogens (primary N) is 1. The minimum Gasteiger partial charge on any atom is -0.504 e. The molecule has 1 unspecified atom stereocenters. The van der Waals surface area contributed by atoms with E-state index in [0.29, 0.717) is 0 Å². The first kappa shape index (κ1) is 13.8. The Morgan fingerprint density at radius 2 is 2.00 bits per heavy atom. The molecule has 7 nitrogen and oxygen atoms in total. The Hall–Kier alpha value is -2.28. The second-order valence-corrected chi connectivity index (χ2v) is 3.55. The Labute approximate surface area is 102 Å². The summed E-state index contributed by atoms with van der Waals surface area (Å²) in [5.41, 5.74) is 5.05. The predicted octanol–water partition coefficient (Wildman–Crippen LogP) is 0.226. The van der Waals surface area contributed by atoms with E-state index in [1.54, 1.807) is 0 Å². The van der Waals surface area contributed by atoms with E-state index in [4.69, 9.17) is 20.7 Å². The minimum atomic E-state index is -1.25. The van der Waals surface area contributed by atoms with E-state index >= 15 is 0 Å². The van der Waals surface area contributed by atoms with E-state index in [-0.39, 0.29) is 23.4 Å². The molecule has 1 rings (SSSR count). The molecule has 0 aliphatic rings. The van der Waals surface area contributed by atoms with Crippen molar-refractivity contribution >= 4 is 11.9 Å². The zero-order chi connectivity index (χ0) is 13.9. The van der Waals surface area contributed by atoms with E-state index in [9.17, 15) is 14.7 Å². The first-order valence-electron chi connectivity index (χ1n) is 4.99. The third kappa shape index (κ3) is 2.51. The number of phenolic OH excluding ortho intramolecular Hbond substituents is 1. The molecule has 98 valence electrons. The van der Waals surface area contributed by atoms with Crippen LogP contribution in [0.25, 0.3) is 0 Å². The van der Waals surface area contributed by atoms with Crippen LogP contribution in [-0.2, 0) is 4.79 Å². The van der Waals surface area contributed by atoms with Crippen LogP contribution in [0.2, 0.25) is 0 Å². The molecule has 18 heavy (non-hydrogen) atoms. The molecule has 0 saturated carbocycles. The largest absolute Gasteiger partial charge is 0.504 e. The molecule has 0 aliphatic carbocycles. The van der Waals surface area contributed by atoms with Gasteiger partial charge in [0.2, 0.25) is 0 Å². The maximum atomic E-state index is 11.0. The summed E-state index contributed by atoms with van der Waals surface area (Å²) >= 11 is 0. The van der Waals surface area contributed by atoms with E-state index in [2.05, 4.69) is 0 Å². The zero-order valence-electron chi connectivity index (χ0n) is 9.58. The normalized spacial score (nSPS) is 11.9. The Balaban J connectivity index is 3.45. The molecule has 0 amide bonds. The quantitative estimate of drug-likeness (QED) is 0.592. The second kappa shape index (κ2) is 5.37. The van der Waals surface area contributed by atoms with Gasteiger partial charge in [-0.05, 0) is 12.1 Å². The number of hydrogen-bond donors (Lipinski definition) is 4. The standard InChI is InChI=1S/C11H13NO6/c1-18-8-3-5(10(14)15)2-6(9(8)13)7(4-12)11(16)17/h2-3,7,13H,4,12H2,1H3,(H,14,15)(H,16,17). The van der Waals surface area contributed by atoms with E-state index in [0.717, 1.165) is 12.1 Å². The molecule has 5 N–H and O–H groups in total. The van der Waals surface area contributed by atoms with Crippen LogP contribution in [0.15, 0.2) is 12.1 Å². The summed E-state index contributed by atoms with van der Waals surface area (Å²) in [4.78, 5) is 21.9. The summed E-state index contributed by atoms with van der Waals surface area (Å²) in [6.07, 6.45) is 0. The zero-order valence-corrected chi connectivity index (χ0v) is 9.58. The highest BCUT2D eigenvalue weighted by Crippen LogP contribution is 2.35. The summed E-state index contributed by atoms with van der Waals surface area (Å²) in [5, 5.41) is 27.7. The van der Waals surface area contributed by atoms with E-state index in [1.807, 2.05) is 0 Å². The van der Waals surface area contributed by atoms with Crippen molar-refractivity contribution in [2.45, 2.75) is 5.92 Å². The lowest BCUT2D eigenvalue weighted by Gasteiger charge is -2.15. The SMILES string of the molecule is COc1cc(C(=O)O)cc(C(CN)C(=O)O)c1O. The molecule has 0 fully saturated rings. The highest BCUT2D eigenvalue weighted by atomic mass is 16.5. The van der Waals surface area contributed by atoms with Crippen LogP contribution in [0.3, 0.4) is 0 Å². The Morgan fingerprint density at radius 1 is 1.39 bits per heavy atom. The Bertz CT molecular complexity index is 485. The number of hydrogen-bond acceptors (Lipinski definition) is 5. The van der Waals surface area contributed by atoms with Crippen molar-refractivity contribution in [2.24, 2.45) is 5.73 Å². The van der Waals surface area contributed by atoms with Gasteiger partial charge in [0.25, 0.3) is 0 Å². The third-order valence-electron chi connectivity index (χ3n) is 2.48. The molecule has 1 aromatic carbocycles. The molecular weight excluding hydrogens is 242 g/mol. The van der Waals surface area contributed by atoms with Crippen molar-refractivity contribution in [3.63, 3.8) is 0 Å². The smallest absolute Gasteiger partial charge is 0.335 e. The number of methoxy groups -OCH3 is 1. The highest BCUT2D eigenvalue weighted by Gasteiger charge is 2.25. The number of carboxylic acid groups (broad SMARTS) is 2. The van der Waals surface area contributed by atoms with Gasteiger partial charge in [0, 0.05) is 12.1 Å². The van der Waals surface area contributed by atoms with Gasteiger partial charge in [0.05, 0.1) is 18.6 Å². The number of carboxylic acids is 2. The van der Waals surface area contributed by atoms with Crippen LogP contribution in [0.4, 0.5) is 0 Å². The average molecular weight is 255 g/mol. The summed E-state index contributed by atoms with van der Waals surface area (Å²) in [7, 11) is 1.24. The van der Waals surface area contributed by atoms with Gasteiger partial charge in [-0.2, -0.15) is 0 Å². The van der Waals surface area contributed by atoms with Gasteiger partial charge in [-0.15, -0.1) is 0 Å². The average Bonchev–Trinajstić information content (AvgIpc) is 2.31. The van der Waals surface area contributed by atoms with Crippen LogP contribution in [0, 0.1) is 0 Å². The van der Waals surface area contributed by atoms with Crippen molar-refractivity contribution in [2.75, 3.05) is 13.7 Å². The lowest BCUT2D eigenvalue weighted by atomic mass is 9.95. The first-order chi connectivity index (χ1) is 8.42. The third-order valence-corrected chi connectivity index (χ3v) is 2.48. The fourth-order valence-corrected chi connectivity index (χ4v) is 1.53. The van der Waals surface area contributed by atoms with Crippen molar-refractivity contribution in [1.29, 1.82) is 0 Å². The number of aromatic carboxylic acids is 1. The highest BCUT2D eigenvalue weighted by molar-refractivity contribution is 5.90. The Morgan fingerprint density at radius 3 is 2.39 bits per heavy atom. The lowest BCUT2D eigenvalue weighted by Crippen LogP contribution is -2.21. The van der Waals surface area contributed by atoms with Gasteiger partial charge in [0.1, 0.15) is 0 Å². The predicted molar refractivity (Wildman–Crippen MR) is 61.0 cm³/mol. The topological polar surface area (TPSA) is 130 Å². The minimum absolute atomic E-state index is 0.0817. The molecule has 0 saturated heterocycles. The van der Waals surface area contributed by atoms with Crippen molar-refractivity contribution in [3.05, 3.63) is 23.3 Å². The molecule has 0 heterocycles. The fourth-order valence-electron chi connectivity index (χ4n) is 1.53. The van der Waals surface area contributed by atoms with E-state index < -0.39 is 23.6 Å². The van der Waals surface area contributed by atoms with Gasteiger partial charge in [-0.3, -0.25) is 4.79 Å². The van der Waals surface area contributed by atoms with E-state index in [1.165, 1.54) is 7.11 Å². The maximum Gasteiger partial charge on any atom is 0.335 e. The monoisotopic (exact) mass is 255 g/mol. The fraction of sp³-hybridized carbons (Fsp3) is 0.273. The first-order valence-corrected chi connectivity index (χ1v) is 4.99. The van der Waals surface area contributed by atoms with Gasteiger partial charge < -0.3 is 25.8 Å². The van der Waals surface area contributed by atoms with Crippen LogP contribution in [0.1, 0.15) is 21.8 Å². The molecule has 0 spiro atoms. The second-order valence-electron chi connectivity index (χ2n) is 3.55. The number of aliphatic carboxylic acids is 1. The summed E-state index contributed by atoms with van der Waals surface area (Å²) in [6, 6.07) is 2.18. The molecular formula is C11H13NO6. The summed E-state index contributed by atoms with van der Waals surface area (Å²) < 4.78 is 4.80. The molecule has 0 bridgehead atoms. The number of aromatic hydroxyl groups is 1. The number of benzene rings is 1. The number of carbonyl (C=O) groups is 2. The van der Waals surface area contributed by atoms with Gasteiger partial charge in [-0.1, -0.05) is 0 Å². The van der Waals surface area contributed by atoms with Gasteiger partial charge >= 0.3 is 11.9 Å². The number of ether oxygens (including phenoxy) is 1.